The average molecular weight is 456 g/mol. The van der Waals surface area contributed by atoms with Crippen molar-refractivity contribution in [2.75, 3.05) is 13.1 Å². The van der Waals surface area contributed by atoms with E-state index >= 15 is 0 Å². The highest BCUT2D eigenvalue weighted by molar-refractivity contribution is 7.89. The van der Waals surface area contributed by atoms with Crippen LogP contribution >= 0.6 is 11.6 Å². The Bertz CT molecular complexity index is 1040. The summed E-state index contributed by atoms with van der Waals surface area (Å²) in [5.41, 5.74) is 1.12. The van der Waals surface area contributed by atoms with Gasteiger partial charge in [0, 0.05) is 19.3 Å². The molecule has 30 heavy (non-hydrogen) atoms. The van der Waals surface area contributed by atoms with E-state index in [0.29, 0.717) is 25.9 Å². The van der Waals surface area contributed by atoms with Crippen molar-refractivity contribution in [2.24, 2.45) is 5.14 Å². The van der Waals surface area contributed by atoms with Gasteiger partial charge in [0.05, 0.1) is 6.10 Å². The zero-order valence-corrected chi connectivity index (χ0v) is 18.2. The van der Waals surface area contributed by atoms with Gasteiger partial charge in [0.2, 0.25) is 0 Å². The first kappa shape index (κ1) is 22.5. The van der Waals surface area contributed by atoms with Crippen LogP contribution in [0.25, 0.3) is 0 Å². The number of pyridine rings is 1. The third-order valence-electron chi connectivity index (χ3n) is 4.92. The fraction of sp³-hybridized carbons (Fsp3) is 0.400. The number of piperidine rings is 1. The quantitative estimate of drug-likeness (QED) is 0.744. The molecule has 1 amide bonds. The summed E-state index contributed by atoms with van der Waals surface area (Å²) in [5.74, 6) is -0.446. The van der Waals surface area contributed by atoms with Gasteiger partial charge in [-0.15, -0.1) is 0 Å². The van der Waals surface area contributed by atoms with Crippen LogP contribution in [0.5, 0.6) is 5.75 Å². The van der Waals surface area contributed by atoms with E-state index in [0.717, 1.165) is 11.8 Å². The van der Waals surface area contributed by atoms with Crippen LogP contribution in [0.2, 0.25) is 5.02 Å². The van der Waals surface area contributed by atoms with E-state index in [1.807, 2.05) is 0 Å². The van der Waals surface area contributed by atoms with Crippen molar-refractivity contribution in [2.45, 2.75) is 43.7 Å². The standard InChI is InChI=1S/C20H23ClFN3O4S/c1-12(2)29-18-16(11-24-19(17(18)21)30(23,27)28)20(26)25-9-7-14(8-10-25)13-3-5-15(22)6-4-13/h3-6,11-12,14H,7-10H2,1-2H3,(H2,23,27,28). The van der Waals surface area contributed by atoms with Gasteiger partial charge in [-0.1, -0.05) is 23.7 Å². The molecule has 0 spiro atoms. The lowest BCUT2D eigenvalue weighted by atomic mass is 9.89. The number of amides is 1. The third kappa shape index (κ3) is 4.91. The van der Waals surface area contributed by atoms with E-state index in [4.69, 9.17) is 21.5 Å². The molecular weight excluding hydrogens is 433 g/mol. The lowest BCUT2D eigenvalue weighted by Gasteiger charge is -2.32. The average Bonchev–Trinajstić information content (AvgIpc) is 2.68. The Morgan fingerprint density at radius 2 is 1.87 bits per heavy atom. The molecule has 1 aromatic heterocycles. The predicted molar refractivity (Wildman–Crippen MR) is 111 cm³/mol. The van der Waals surface area contributed by atoms with Crippen LogP contribution in [0.15, 0.2) is 35.5 Å². The van der Waals surface area contributed by atoms with Gasteiger partial charge in [-0.2, -0.15) is 0 Å². The second-order valence-corrected chi connectivity index (χ2v) is 9.30. The number of ether oxygens (including phenoxy) is 1. The number of carbonyl (C=O) groups is 1. The Balaban J connectivity index is 1.83. The molecule has 0 atom stereocenters. The fourth-order valence-electron chi connectivity index (χ4n) is 3.48. The molecule has 2 heterocycles. The van der Waals surface area contributed by atoms with Gasteiger partial charge in [0.15, 0.2) is 10.8 Å². The van der Waals surface area contributed by atoms with Gasteiger partial charge in [0.25, 0.3) is 15.9 Å². The van der Waals surface area contributed by atoms with Gasteiger partial charge < -0.3 is 9.64 Å². The van der Waals surface area contributed by atoms with Gasteiger partial charge in [0.1, 0.15) is 16.4 Å². The summed E-state index contributed by atoms with van der Waals surface area (Å²) < 4.78 is 42.2. The lowest BCUT2D eigenvalue weighted by molar-refractivity contribution is 0.0706. The molecule has 1 aliphatic rings. The molecule has 1 saturated heterocycles. The molecule has 2 N–H and O–H groups in total. The maximum absolute atomic E-state index is 13.1. The summed E-state index contributed by atoms with van der Waals surface area (Å²) in [7, 11) is -4.17. The van der Waals surface area contributed by atoms with Crippen LogP contribution in [0.1, 0.15) is 48.5 Å². The largest absolute Gasteiger partial charge is 0.488 e. The van der Waals surface area contributed by atoms with Crippen LogP contribution < -0.4 is 9.88 Å². The first-order valence-electron chi connectivity index (χ1n) is 9.50. The van der Waals surface area contributed by atoms with Gasteiger partial charge in [-0.05, 0) is 50.3 Å². The van der Waals surface area contributed by atoms with Crippen LogP contribution in [0, 0.1) is 5.82 Å². The normalized spacial score (nSPS) is 15.5. The molecule has 0 aliphatic carbocycles. The molecule has 10 heteroatoms. The maximum atomic E-state index is 13.1. The minimum absolute atomic E-state index is 0.0450. The molecule has 1 aromatic carbocycles. The lowest BCUT2D eigenvalue weighted by Crippen LogP contribution is -2.38. The molecule has 7 nitrogen and oxygen atoms in total. The van der Waals surface area contributed by atoms with Crippen molar-refractivity contribution in [3.8, 4) is 5.75 Å². The SMILES string of the molecule is CC(C)Oc1c(C(=O)N2CCC(c3ccc(F)cc3)CC2)cnc(S(N)(=O)=O)c1Cl. The highest BCUT2D eigenvalue weighted by atomic mass is 35.5. The summed E-state index contributed by atoms with van der Waals surface area (Å²) in [6.07, 6.45) is 2.22. The van der Waals surface area contributed by atoms with Crippen LogP contribution in [-0.4, -0.2) is 43.4 Å². The second kappa shape index (κ2) is 8.87. The number of benzene rings is 1. The van der Waals surface area contributed by atoms with E-state index in [1.54, 1.807) is 30.9 Å². The van der Waals surface area contributed by atoms with Gasteiger partial charge >= 0.3 is 0 Å². The van der Waals surface area contributed by atoms with Crippen molar-refractivity contribution in [3.05, 3.63) is 52.4 Å². The summed E-state index contributed by atoms with van der Waals surface area (Å²) in [6.45, 7) is 4.43. The molecule has 1 aliphatic heterocycles. The molecule has 3 rings (SSSR count). The van der Waals surface area contributed by atoms with E-state index in [9.17, 15) is 17.6 Å². The summed E-state index contributed by atoms with van der Waals surface area (Å²) in [5, 5.41) is 4.31. The minimum Gasteiger partial charge on any atom is -0.488 e. The number of nitrogens with two attached hydrogens (primary N) is 1. The number of hydrogen-bond acceptors (Lipinski definition) is 5. The highest BCUT2D eigenvalue weighted by Crippen LogP contribution is 2.35. The van der Waals surface area contributed by atoms with Crippen LogP contribution in [-0.2, 0) is 10.0 Å². The summed E-state index contributed by atoms with van der Waals surface area (Å²) >= 11 is 6.19. The van der Waals surface area contributed by atoms with Gasteiger partial charge in [-0.25, -0.2) is 22.9 Å². The zero-order valence-electron chi connectivity index (χ0n) is 16.6. The van der Waals surface area contributed by atoms with Crippen molar-refractivity contribution in [3.63, 3.8) is 0 Å². The van der Waals surface area contributed by atoms with Crippen molar-refractivity contribution in [1.82, 2.24) is 9.88 Å². The van der Waals surface area contributed by atoms with E-state index in [-0.39, 0.29) is 40.1 Å². The predicted octanol–water partition coefficient (Wildman–Crippen LogP) is 3.33. The van der Waals surface area contributed by atoms with Crippen molar-refractivity contribution >= 4 is 27.5 Å². The number of nitrogens with zero attached hydrogens (tertiary/aromatic N) is 2. The first-order chi connectivity index (χ1) is 14.1. The first-order valence-corrected chi connectivity index (χ1v) is 11.4. The number of carbonyl (C=O) groups excluding carboxylic acids is 1. The van der Waals surface area contributed by atoms with Crippen LogP contribution in [0.3, 0.4) is 0 Å². The van der Waals surface area contributed by atoms with E-state index in [1.165, 1.54) is 12.1 Å². The number of aromatic nitrogens is 1. The van der Waals surface area contributed by atoms with Crippen molar-refractivity contribution in [1.29, 1.82) is 0 Å². The maximum Gasteiger partial charge on any atom is 0.259 e. The second-order valence-electron chi connectivity index (χ2n) is 7.45. The fourth-order valence-corrected chi connectivity index (χ4v) is 4.54. The Hall–Kier alpha value is -2.23. The van der Waals surface area contributed by atoms with Crippen molar-refractivity contribution < 1.29 is 22.3 Å². The highest BCUT2D eigenvalue weighted by Gasteiger charge is 2.30. The Labute approximate surface area is 180 Å². The number of rotatable bonds is 5. The minimum atomic E-state index is -4.17. The summed E-state index contributed by atoms with van der Waals surface area (Å²) in [6, 6.07) is 6.40. The Morgan fingerprint density at radius 3 is 2.40 bits per heavy atom. The molecule has 0 unspecified atom stereocenters. The number of hydrogen-bond donors (Lipinski definition) is 1. The molecule has 0 saturated carbocycles. The van der Waals surface area contributed by atoms with Gasteiger partial charge in [-0.3, -0.25) is 4.79 Å². The topological polar surface area (TPSA) is 103 Å². The third-order valence-corrected chi connectivity index (χ3v) is 6.23. The smallest absolute Gasteiger partial charge is 0.259 e. The van der Waals surface area contributed by atoms with Crippen LogP contribution in [0.4, 0.5) is 4.39 Å². The Morgan fingerprint density at radius 1 is 1.27 bits per heavy atom. The molecule has 2 aromatic rings. The molecule has 0 radical (unpaired) electrons. The molecular formula is C20H23ClFN3O4S. The monoisotopic (exact) mass is 455 g/mol. The molecule has 0 bridgehead atoms. The van der Waals surface area contributed by atoms with E-state index < -0.39 is 15.0 Å². The number of primary sulfonamides is 1. The number of likely N-dealkylation sites (tertiary alicyclic amines) is 1. The van der Waals surface area contributed by atoms with E-state index in [2.05, 4.69) is 4.98 Å². The summed E-state index contributed by atoms with van der Waals surface area (Å²) in [4.78, 5) is 18.6. The number of sulfonamides is 1. The Kier molecular flexibility index (Phi) is 6.64. The zero-order chi connectivity index (χ0) is 22.1. The number of halogens is 2. The molecule has 1 fully saturated rings. The molecule has 162 valence electrons.